The number of hydrogen-bond acceptors (Lipinski definition) is 9. The van der Waals surface area contributed by atoms with Crippen molar-refractivity contribution in [3.63, 3.8) is 0 Å². The maximum atomic E-state index is 15.0. The number of piperazine rings is 1. The quantitative estimate of drug-likeness (QED) is 0.128. The molecule has 2 amide bonds. The average Bonchev–Trinajstić information content (AvgIpc) is 3.81. The van der Waals surface area contributed by atoms with Crippen molar-refractivity contribution in [2.45, 2.75) is 51.0 Å². The molecule has 270 valence electrons. The number of carbonyl (C=O) groups is 1. The van der Waals surface area contributed by atoms with Crippen molar-refractivity contribution in [3.05, 3.63) is 96.6 Å². The molecule has 0 spiro atoms. The molecule has 2 aliphatic rings. The summed E-state index contributed by atoms with van der Waals surface area (Å²) in [5.74, 6) is -0.571. The van der Waals surface area contributed by atoms with E-state index in [1.165, 1.54) is 17.0 Å². The smallest absolute Gasteiger partial charge is 0.327 e. The molecule has 12 nitrogen and oxygen atoms in total. The molecule has 1 aromatic heterocycles. The first-order chi connectivity index (χ1) is 24.7. The molecule has 0 radical (unpaired) electrons. The fourth-order valence-electron chi connectivity index (χ4n) is 6.87. The lowest BCUT2D eigenvalue weighted by Crippen LogP contribution is -2.48. The van der Waals surface area contributed by atoms with Gasteiger partial charge in [-0.1, -0.05) is 13.0 Å². The first-order valence-corrected chi connectivity index (χ1v) is 17.2. The highest BCUT2D eigenvalue weighted by Crippen LogP contribution is 2.42. The fraction of sp³-hybridized carbons (Fsp3) is 0.405. The van der Waals surface area contributed by atoms with E-state index in [1.807, 2.05) is 55.5 Å². The van der Waals surface area contributed by atoms with Crippen LogP contribution >= 0.6 is 0 Å². The Bertz CT molecular complexity index is 1750. The van der Waals surface area contributed by atoms with Gasteiger partial charge in [-0.2, -0.15) is 0 Å². The Morgan fingerprint density at radius 1 is 1.06 bits per heavy atom. The number of aliphatic hydroxyl groups excluding tert-OH is 1. The largest absolute Gasteiger partial charge is 0.493 e. The molecule has 51 heavy (non-hydrogen) atoms. The van der Waals surface area contributed by atoms with Crippen LogP contribution in [0.5, 0.6) is 5.75 Å². The summed E-state index contributed by atoms with van der Waals surface area (Å²) in [5, 5.41) is 28.2. The summed E-state index contributed by atoms with van der Waals surface area (Å²) in [6.45, 7) is 7.82. The van der Waals surface area contributed by atoms with E-state index in [2.05, 4.69) is 25.3 Å². The van der Waals surface area contributed by atoms with E-state index in [4.69, 9.17) is 14.9 Å². The zero-order valence-electron chi connectivity index (χ0n) is 28.8. The van der Waals surface area contributed by atoms with Gasteiger partial charge in [0, 0.05) is 55.1 Å². The van der Waals surface area contributed by atoms with E-state index in [0.717, 1.165) is 55.7 Å². The van der Waals surface area contributed by atoms with Gasteiger partial charge in [0.05, 0.1) is 43.9 Å². The molecule has 14 heteroatoms. The van der Waals surface area contributed by atoms with Gasteiger partial charge in [0.2, 0.25) is 0 Å². The third-order valence-electron chi connectivity index (χ3n) is 9.68. The normalized spacial score (nSPS) is 20.1. The van der Waals surface area contributed by atoms with Gasteiger partial charge in [-0.15, -0.1) is 10.2 Å². The summed E-state index contributed by atoms with van der Waals surface area (Å²) >= 11 is 0. The maximum absolute atomic E-state index is 15.0. The summed E-state index contributed by atoms with van der Waals surface area (Å²) in [4.78, 5) is 18.6. The number of urea groups is 1. The number of halogens is 2. The molecule has 2 fully saturated rings. The van der Waals surface area contributed by atoms with Gasteiger partial charge in [0.25, 0.3) is 0 Å². The SMILES string of the molecule is CC[C@H](NC(=O)N(C=N)c1ccc(N2CCN(c3ccc(OC[C@@H]4CO[C@@](Cn5cnnc5)(c5ccc(F)cc5F)C4)cc3)CC2)cc1)[C@H](C)O. The predicted octanol–water partition coefficient (Wildman–Crippen LogP) is 5.18. The Balaban J connectivity index is 1.00. The fourth-order valence-corrected chi connectivity index (χ4v) is 6.87. The Morgan fingerprint density at radius 2 is 1.69 bits per heavy atom. The molecule has 4 atom stereocenters. The number of nitrogens with zero attached hydrogens (tertiary/aromatic N) is 6. The van der Waals surface area contributed by atoms with E-state index in [-0.39, 0.29) is 5.92 Å². The van der Waals surface area contributed by atoms with Crippen LogP contribution in [0, 0.1) is 23.0 Å². The summed E-state index contributed by atoms with van der Waals surface area (Å²) < 4.78 is 42.8. The second kappa shape index (κ2) is 15.9. The number of anilines is 3. The molecule has 0 unspecified atom stereocenters. The van der Waals surface area contributed by atoms with Crippen molar-refractivity contribution in [1.82, 2.24) is 20.1 Å². The predicted molar refractivity (Wildman–Crippen MR) is 190 cm³/mol. The number of aliphatic hydroxyl groups is 1. The van der Waals surface area contributed by atoms with Crippen molar-refractivity contribution >= 4 is 29.4 Å². The van der Waals surface area contributed by atoms with Crippen LogP contribution in [0.4, 0.5) is 30.6 Å². The van der Waals surface area contributed by atoms with Gasteiger partial charge >= 0.3 is 6.03 Å². The molecule has 4 aromatic rings. The minimum absolute atomic E-state index is 0.0124. The molecule has 3 N–H and O–H groups in total. The van der Waals surface area contributed by atoms with Crippen molar-refractivity contribution < 1.29 is 28.2 Å². The second-order valence-corrected chi connectivity index (χ2v) is 13.1. The van der Waals surface area contributed by atoms with E-state index >= 15 is 0 Å². The molecular formula is C37H44F2N8O4. The van der Waals surface area contributed by atoms with E-state index in [9.17, 15) is 18.7 Å². The number of ether oxygens (including phenoxy) is 2. The van der Waals surface area contributed by atoms with Crippen molar-refractivity contribution in [2.75, 3.05) is 54.1 Å². The number of hydrogen-bond donors (Lipinski definition) is 3. The number of aromatic nitrogens is 3. The van der Waals surface area contributed by atoms with Gasteiger partial charge in [-0.05, 0) is 74.4 Å². The number of carbonyl (C=O) groups excluding carboxylic acids is 1. The van der Waals surface area contributed by atoms with Gasteiger partial charge < -0.3 is 34.3 Å². The zero-order valence-corrected chi connectivity index (χ0v) is 28.8. The summed E-state index contributed by atoms with van der Waals surface area (Å²) in [6.07, 6.45) is 4.44. The van der Waals surface area contributed by atoms with E-state index in [0.29, 0.717) is 43.9 Å². The Hall–Kier alpha value is -5.08. The monoisotopic (exact) mass is 702 g/mol. The Labute approximate surface area is 296 Å². The van der Waals surface area contributed by atoms with Crippen LogP contribution in [0.1, 0.15) is 32.3 Å². The zero-order chi connectivity index (χ0) is 36.0. The second-order valence-electron chi connectivity index (χ2n) is 13.1. The van der Waals surface area contributed by atoms with E-state index in [1.54, 1.807) is 24.1 Å². The summed E-state index contributed by atoms with van der Waals surface area (Å²) in [5.41, 5.74) is 2.00. The van der Waals surface area contributed by atoms with E-state index < -0.39 is 35.4 Å². The average molecular weight is 703 g/mol. The van der Waals surface area contributed by atoms with Gasteiger partial charge in [0.15, 0.2) is 0 Å². The molecule has 2 saturated heterocycles. The van der Waals surface area contributed by atoms with Crippen LogP contribution < -0.4 is 24.8 Å². The number of amides is 2. The molecule has 0 aliphatic carbocycles. The molecule has 6 rings (SSSR count). The maximum Gasteiger partial charge on any atom is 0.327 e. The van der Waals surface area contributed by atoms with Crippen LogP contribution in [0.3, 0.4) is 0 Å². The molecule has 3 aromatic carbocycles. The van der Waals surface area contributed by atoms with Crippen LogP contribution in [-0.4, -0.2) is 83.8 Å². The van der Waals surface area contributed by atoms with Crippen molar-refractivity contribution in [3.8, 4) is 5.75 Å². The Kier molecular flexibility index (Phi) is 11.1. The van der Waals surface area contributed by atoms with Crippen molar-refractivity contribution in [2.24, 2.45) is 5.92 Å². The van der Waals surface area contributed by atoms with Crippen LogP contribution in [0.25, 0.3) is 0 Å². The molecular weight excluding hydrogens is 658 g/mol. The number of benzene rings is 3. The summed E-state index contributed by atoms with van der Waals surface area (Å²) in [6, 6.07) is 18.3. The lowest BCUT2D eigenvalue weighted by atomic mass is 9.86. The van der Waals surface area contributed by atoms with Gasteiger partial charge in [-0.25, -0.2) is 13.6 Å². The third-order valence-corrected chi connectivity index (χ3v) is 9.68. The minimum Gasteiger partial charge on any atom is -0.493 e. The lowest BCUT2D eigenvalue weighted by molar-refractivity contribution is -0.0181. The molecule has 3 heterocycles. The highest BCUT2D eigenvalue weighted by atomic mass is 19.1. The molecule has 0 saturated carbocycles. The third kappa shape index (κ3) is 8.29. The standard InChI is InChI=1S/C37H44F2N8O4/c1-3-35(26(2)48)43-36(49)47(23-40)31-7-5-29(6-8-31)45-14-16-46(17-15-45)30-9-11-32(12-10-30)50-20-27-19-37(51-21-27,22-44-24-41-42-25-44)33-13-4-28(38)18-34(33)39/h4-13,18,23-27,35,40,48H,3,14-17,19-22H2,1-2H3,(H,43,49)/t26-,27+,35-,37-/m0/s1. The lowest BCUT2D eigenvalue weighted by Gasteiger charge is -2.37. The van der Waals surface area contributed by atoms with Gasteiger partial charge in [0.1, 0.15) is 35.6 Å². The molecule has 0 bridgehead atoms. The van der Waals surface area contributed by atoms with Gasteiger partial charge in [-0.3, -0.25) is 10.3 Å². The minimum atomic E-state index is -1.00. The first kappa shape index (κ1) is 35.7. The number of rotatable bonds is 13. The highest BCUT2D eigenvalue weighted by molar-refractivity contribution is 6.06. The molecule has 2 aliphatic heterocycles. The highest BCUT2D eigenvalue weighted by Gasteiger charge is 2.44. The van der Waals surface area contributed by atoms with Crippen molar-refractivity contribution in [1.29, 1.82) is 5.41 Å². The van der Waals surface area contributed by atoms with Crippen LogP contribution in [-0.2, 0) is 16.9 Å². The first-order valence-electron chi connectivity index (χ1n) is 17.2. The topological polar surface area (TPSA) is 132 Å². The Morgan fingerprint density at radius 3 is 2.25 bits per heavy atom. The van der Waals surface area contributed by atoms with Crippen LogP contribution in [0.2, 0.25) is 0 Å². The number of nitrogens with one attached hydrogen (secondary N) is 2. The van der Waals surface area contributed by atoms with Crippen LogP contribution in [0.15, 0.2) is 79.4 Å². The summed E-state index contributed by atoms with van der Waals surface area (Å²) in [7, 11) is 0.